The van der Waals surface area contributed by atoms with E-state index in [4.69, 9.17) is 14.6 Å². The highest BCUT2D eigenvalue weighted by Crippen LogP contribution is 2.18. The van der Waals surface area contributed by atoms with Gasteiger partial charge in [-0.2, -0.15) is 0 Å². The molecule has 0 amide bonds. The summed E-state index contributed by atoms with van der Waals surface area (Å²) in [5.41, 5.74) is 0. The fourth-order valence-electron chi connectivity index (χ4n) is 3.50. The highest BCUT2D eigenvalue weighted by atomic mass is 16.6. The Morgan fingerprint density at radius 1 is 0.889 bits per heavy atom. The van der Waals surface area contributed by atoms with Gasteiger partial charge in [0.2, 0.25) is 0 Å². The smallest absolute Gasteiger partial charge is 0.114 e. The van der Waals surface area contributed by atoms with E-state index < -0.39 is 24.4 Å². The number of aliphatic hydroxyl groups is 3. The van der Waals surface area contributed by atoms with Crippen LogP contribution in [0.2, 0.25) is 0 Å². The lowest BCUT2D eigenvalue weighted by Gasteiger charge is -2.36. The van der Waals surface area contributed by atoms with E-state index in [1.807, 2.05) is 6.08 Å². The first-order valence-corrected chi connectivity index (χ1v) is 11.1. The van der Waals surface area contributed by atoms with Crippen LogP contribution in [0.3, 0.4) is 0 Å². The second-order valence-electron chi connectivity index (χ2n) is 7.71. The van der Waals surface area contributed by atoms with E-state index >= 15 is 0 Å². The topological polar surface area (TPSA) is 79.2 Å². The summed E-state index contributed by atoms with van der Waals surface area (Å²) in [6.07, 6.45) is 16.7. The third-order valence-corrected chi connectivity index (χ3v) is 5.28. The largest absolute Gasteiger partial charge is 0.394 e. The molecule has 0 aromatic rings. The second-order valence-corrected chi connectivity index (χ2v) is 7.71. The van der Waals surface area contributed by atoms with Gasteiger partial charge < -0.3 is 24.8 Å². The van der Waals surface area contributed by atoms with Gasteiger partial charge in [-0.25, -0.2) is 0 Å². The predicted octanol–water partition coefficient (Wildman–Crippen LogP) is 3.74. The predicted molar refractivity (Wildman–Crippen MR) is 109 cm³/mol. The zero-order chi connectivity index (χ0) is 19.7. The number of hydrogen-bond donors (Lipinski definition) is 3. The molecule has 4 atom stereocenters. The van der Waals surface area contributed by atoms with Crippen molar-refractivity contribution in [1.82, 2.24) is 0 Å². The maximum absolute atomic E-state index is 10.0. The molecule has 1 heterocycles. The van der Waals surface area contributed by atoms with E-state index in [1.165, 1.54) is 70.6 Å². The maximum atomic E-state index is 10.0. The lowest BCUT2D eigenvalue weighted by atomic mass is 10.0. The molecule has 0 radical (unpaired) electrons. The Labute approximate surface area is 165 Å². The average molecular weight is 387 g/mol. The third kappa shape index (κ3) is 11.2. The van der Waals surface area contributed by atoms with Crippen molar-refractivity contribution in [1.29, 1.82) is 0 Å². The van der Waals surface area contributed by atoms with Crippen LogP contribution in [0.25, 0.3) is 0 Å². The van der Waals surface area contributed by atoms with Gasteiger partial charge >= 0.3 is 0 Å². The normalized spacial score (nSPS) is 26.1. The molecule has 0 aromatic carbocycles. The molecule has 1 fully saturated rings. The molecule has 5 nitrogen and oxygen atoms in total. The van der Waals surface area contributed by atoms with Crippen molar-refractivity contribution in [2.24, 2.45) is 0 Å². The molecular formula is C22H42O5. The SMILES string of the molecule is CCCCCCCCCCCCC/C=C/CO[C@@H]1[C@@H](O)[C@H](CO)OC[C@H]1O. The van der Waals surface area contributed by atoms with E-state index in [0.29, 0.717) is 6.61 Å². The summed E-state index contributed by atoms with van der Waals surface area (Å²) in [4.78, 5) is 0. The van der Waals surface area contributed by atoms with Crippen LogP contribution >= 0.6 is 0 Å². The van der Waals surface area contributed by atoms with Crippen molar-refractivity contribution in [2.45, 2.75) is 108 Å². The van der Waals surface area contributed by atoms with Crippen LogP contribution in [0, 0.1) is 0 Å². The van der Waals surface area contributed by atoms with Gasteiger partial charge in [0.15, 0.2) is 0 Å². The minimum absolute atomic E-state index is 0.0788. The zero-order valence-corrected chi connectivity index (χ0v) is 17.2. The lowest BCUT2D eigenvalue weighted by Crippen LogP contribution is -2.55. The number of aliphatic hydroxyl groups excluding tert-OH is 3. The molecule has 27 heavy (non-hydrogen) atoms. The molecular weight excluding hydrogens is 344 g/mol. The number of ether oxygens (including phenoxy) is 2. The van der Waals surface area contributed by atoms with Gasteiger partial charge in [0.25, 0.3) is 0 Å². The molecule has 1 aliphatic rings. The molecule has 1 aliphatic heterocycles. The molecule has 1 rings (SSSR count). The van der Waals surface area contributed by atoms with Gasteiger partial charge in [-0.05, 0) is 12.8 Å². The molecule has 0 saturated carbocycles. The quantitative estimate of drug-likeness (QED) is 0.278. The van der Waals surface area contributed by atoms with E-state index in [0.717, 1.165) is 6.42 Å². The Morgan fingerprint density at radius 2 is 1.48 bits per heavy atom. The zero-order valence-electron chi connectivity index (χ0n) is 17.2. The number of hydrogen-bond acceptors (Lipinski definition) is 5. The summed E-state index contributed by atoms with van der Waals surface area (Å²) in [6, 6.07) is 0. The Hall–Kier alpha value is -0.460. The molecule has 0 aliphatic carbocycles. The van der Waals surface area contributed by atoms with E-state index in [-0.39, 0.29) is 13.2 Å². The molecule has 0 unspecified atom stereocenters. The third-order valence-electron chi connectivity index (χ3n) is 5.28. The van der Waals surface area contributed by atoms with Gasteiger partial charge in [-0.3, -0.25) is 0 Å². The van der Waals surface area contributed by atoms with Crippen molar-refractivity contribution in [3.05, 3.63) is 12.2 Å². The van der Waals surface area contributed by atoms with Crippen molar-refractivity contribution in [2.75, 3.05) is 19.8 Å². The molecule has 0 spiro atoms. The van der Waals surface area contributed by atoms with E-state index in [2.05, 4.69) is 13.0 Å². The second kappa shape index (κ2) is 16.5. The van der Waals surface area contributed by atoms with E-state index in [1.54, 1.807) is 0 Å². The summed E-state index contributed by atoms with van der Waals surface area (Å²) in [7, 11) is 0. The van der Waals surface area contributed by atoms with Gasteiger partial charge in [-0.15, -0.1) is 0 Å². The number of allylic oxidation sites excluding steroid dienone is 1. The molecule has 160 valence electrons. The monoisotopic (exact) mass is 386 g/mol. The standard InChI is InChI=1S/C22H42O5/c1-2-3-4-5-6-7-8-9-10-11-12-13-14-15-16-26-22-19(24)18-27-20(17-23)21(22)25/h14-15,19-25H,2-13,16-18H2,1H3/b15-14+/t19-,20+,21+,22+/m1/s1. The minimum Gasteiger partial charge on any atom is -0.394 e. The average Bonchev–Trinajstić information content (AvgIpc) is 2.67. The molecule has 5 heteroatoms. The lowest BCUT2D eigenvalue weighted by molar-refractivity contribution is -0.207. The Kier molecular flexibility index (Phi) is 15.0. The summed E-state index contributed by atoms with van der Waals surface area (Å²) in [5.74, 6) is 0. The molecule has 1 saturated heterocycles. The van der Waals surface area contributed by atoms with Crippen LogP contribution in [0.4, 0.5) is 0 Å². The Morgan fingerprint density at radius 3 is 2.07 bits per heavy atom. The van der Waals surface area contributed by atoms with Gasteiger partial charge in [0, 0.05) is 0 Å². The highest BCUT2D eigenvalue weighted by Gasteiger charge is 2.38. The fourth-order valence-corrected chi connectivity index (χ4v) is 3.50. The Bertz CT molecular complexity index is 361. The highest BCUT2D eigenvalue weighted by molar-refractivity contribution is 4.89. The first kappa shape index (κ1) is 24.6. The summed E-state index contributed by atoms with van der Waals surface area (Å²) < 4.78 is 10.7. The van der Waals surface area contributed by atoms with Crippen LogP contribution in [0.15, 0.2) is 12.2 Å². The van der Waals surface area contributed by atoms with Crippen LogP contribution < -0.4 is 0 Å². The fraction of sp³-hybridized carbons (Fsp3) is 0.909. The maximum Gasteiger partial charge on any atom is 0.114 e. The molecule has 0 bridgehead atoms. The van der Waals surface area contributed by atoms with E-state index in [9.17, 15) is 10.2 Å². The van der Waals surface area contributed by atoms with Crippen LogP contribution in [0.1, 0.15) is 84.0 Å². The minimum atomic E-state index is -1.00. The van der Waals surface area contributed by atoms with Gasteiger partial charge in [-0.1, -0.05) is 83.3 Å². The van der Waals surface area contributed by atoms with Crippen molar-refractivity contribution in [3.8, 4) is 0 Å². The Balaban J connectivity index is 1.93. The van der Waals surface area contributed by atoms with Crippen molar-refractivity contribution < 1.29 is 24.8 Å². The van der Waals surface area contributed by atoms with Crippen LogP contribution in [-0.4, -0.2) is 59.6 Å². The summed E-state index contributed by atoms with van der Waals surface area (Å²) in [5, 5.41) is 29.0. The first-order valence-electron chi connectivity index (χ1n) is 11.1. The molecule has 0 aromatic heterocycles. The van der Waals surface area contributed by atoms with Crippen molar-refractivity contribution in [3.63, 3.8) is 0 Å². The van der Waals surface area contributed by atoms with Crippen LogP contribution in [0.5, 0.6) is 0 Å². The van der Waals surface area contributed by atoms with Gasteiger partial charge in [0.1, 0.15) is 24.4 Å². The van der Waals surface area contributed by atoms with Crippen molar-refractivity contribution >= 4 is 0 Å². The summed E-state index contributed by atoms with van der Waals surface area (Å²) >= 11 is 0. The first-order chi connectivity index (χ1) is 13.2. The molecule has 3 N–H and O–H groups in total. The number of unbranched alkanes of at least 4 members (excludes halogenated alkanes) is 11. The van der Waals surface area contributed by atoms with Crippen LogP contribution in [-0.2, 0) is 9.47 Å². The summed E-state index contributed by atoms with van der Waals surface area (Å²) in [6.45, 7) is 2.42. The number of rotatable bonds is 16. The van der Waals surface area contributed by atoms with Gasteiger partial charge in [0.05, 0.1) is 19.8 Å².